The number of ether oxygens (including phenoxy) is 1. The summed E-state index contributed by atoms with van der Waals surface area (Å²) in [6.45, 7) is 0.460. The summed E-state index contributed by atoms with van der Waals surface area (Å²) in [5.74, 6) is 0.277. The Morgan fingerprint density at radius 1 is 1.32 bits per heavy atom. The lowest BCUT2D eigenvalue weighted by Gasteiger charge is -2.26. The summed E-state index contributed by atoms with van der Waals surface area (Å²) in [7, 11) is -1.51. The largest absolute Gasteiger partial charge is 0.495 e. The summed E-state index contributed by atoms with van der Waals surface area (Å²) in [6.07, 6.45) is 0. The topological polar surface area (TPSA) is 89.7 Å². The van der Waals surface area contributed by atoms with E-state index in [2.05, 4.69) is 0 Å². The van der Waals surface area contributed by atoms with Crippen molar-refractivity contribution in [2.24, 2.45) is 0 Å². The van der Waals surface area contributed by atoms with E-state index in [4.69, 9.17) is 10.5 Å². The number of nitrogen functional groups attached to an aromatic ring is 1. The molecule has 2 N–H and O–H groups in total. The van der Waals surface area contributed by atoms with E-state index in [1.165, 1.54) is 12.0 Å². The molecule has 0 bridgehead atoms. The first-order valence-corrected chi connectivity index (χ1v) is 7.68. The SMILES string of the molecule is COc1cc(C(=O)N2CCS(=O)(=O)CC2)ccc1N. The van der Waals surface area contributed by atoms with E-state index in [1.807, 2.05) is 0 Å². The van der Waals surface area contributed by atoms with Crippen LogP contribution in [-0.4, -0.2) is 50.9 Å². The molecule has 1 aliphatic rings. The van der Waals surface area contributed by atoms with Crippen molar-refractivity contribution in [2.75, 3.05) is 37.4 Å². The second kappa shape index (κ2) is 5.08. The van der Waals surface area contributed by atoms with Crippen LogP contribution in [-0.2, 0) is 9.84 Å². The van der Waals surface area contributed by atoms with Gasteiger partial charge in [0.1, 0.15) is 5.75 Å². The molecule has 1 heterocycles. The normalized spacial score (nSPS) is 18.1. The molecule has 2 rings (SSSR count). The van der Waals surface area contributed by atoms with Gasteiger partial charge in [-0.2, -0.15) is 0 Å². The molecule has 0 radical (unpaired) electrons. The number of hydrogen-bond donors (Lipinski definition) is 1. The summed E-state index contributed by atoms with van der Waals surface area (Å²) in [5.41, 5.74) is 6.59. The van der Waals surface area contributed by atoms with Gasteiger partial charge in [0.05, 0.1) is 24.3 Å². The van der Waals surface area contributed by atoms with Crippen LogP contribution in [0.4, 0.5) is 5.69 Å². The Morgan fingerprint density at radius 2 is 1.95 bits per heavy atom. The highest BCUT2D eigenvalue weighted by molar-refractivity contribution is 7.91. The third-order valence-electron chi connectivity index (χ3n) is 3.11. The lowest BCUT2D eigenvalue weighted by Crippen LogP contribution is -2.43. The highest BCUT2D eigenvalue weighted by Crippen LogP contribution is 2.23. The van der Waals surface area contributed by atoms with E-state index < -0.39 is 9.84 Å². The number of hydrogen-bond acceptors (Lipinski definition) is 5. The molecule has 1 saturated heterocycles. The van der Waals surface area contributed by atoms with E-state index >= 15 is 0 Å². The van der Waals surface area contributed by atoms with Gasteiger partial charge in [-0.05, 0) is 18.2 Å². The number of carbonyl (C=O) groups is 1. The zero-order chi connectivity index (χ0) is 14.0. The predicted octanol–water partition coefficient (Wildman–Crippen LogP) is 0.148. The Bertz CT molecular complexity index is 584. The lowest BCUT2D eigenvalue weighted by molar-refractivity contribution is 0.0770. The Labute approximate surface area is 112 Å². The zero-order valence-electron chi connectivity index (χ0n) is 10.6. The molecular formula is C12H16N2O4S. The van der Waals surface area contributed by atoms with Gasteiger partial charge >= 0.3 is 0 Å². The molecule has 6 nitrogen and oxygen atoms in total. The second-order valence-electron chi connectivity index (χ2n) is 4.40. The Balaban J connectivity index is 2.16. The fourth-order valence-corrected chi connectivity index (χ4v) is 3.14. The maximum atomic E-state index is 12.2. The molecule has 1 amide bonds. The molecule has 0 saturated carbocycles. The quantitative estimate of drug-likeness (QED) is 0.781. The van der Waals surface area contributed by atoms with Gasteiger partial charge in [-0.15, -0.1) is 0 Å². The number of carbonyl (C=O) groups excluding carboxylic acids is 1. The highest BCUT2D eigenvalue weighted by atomic mass is 32.2. The van der Waals surface area contributed by atoms with Crippen LogP contribution in [0.2, 0.25) is 0 Å². The molecule has 1 fully saturated rings. The number of nitrogens with zero attached hydrogens (tertiary/aromatic N) is 1. The van der Waals surface area contributed by atoms with E-state index in [9.17, 15) is 13.2 Å². The number of benzene rings is 1. The minimum atomic E-state index is -2.99. The molecule has 19 heavy (non-hydrogen) atoms. The third kappa shape index (κ3) is 2.98. The molecule has 0 aliphatic carbocycles. The molecule has 0 spiro atoms. The van der Waals surface area contributed by atoms with Gasteiger partial charge in [0, 0.05) is 18.7 Å². The van der Waals surface area contributed by atoms with Crippen LogP contribution in [0, 0.1) is 0 Å². The summed E-state index contributed by atoms with van der Waals surface area (Å²) < 4.78 is 27.7. The first-order chi connectivity index (χ1) is 8.93. The average Bonchev–Trinajstić information content (AvgIpc) is 2.38. The van der Waals surface area contributed by atoms with Crippen LogP contribution in [0.25, 0.3) is 0 Å². The summed E-state index contributed by atoms with van der Waals surface area (Å²) in [4.78, 5) is 13.8. The van der Waals surface area contributed by atoms with Crippen LogP contribution < -0.4 is 10.5 Å². The Morgan fingerprint density at radius 3 is 2.53 bits per heavy atom. The molecule has 0 unspecified atom stereocenters. The first kappa shape index (κ1) is 13.7. The van der Waals surface area contributed by atoms with E-state index in [0.29, 0.717) is 17.0 Å². The number of methoxy groups -OCH3 is 1. The van der Waals surface area contributed by atoms with Crippen molar-refractivity contribution >= 4 is 21.4 Å². The molecular weight excluding hydrogens is 268 g/mol. The van der Waals surface area contributed by atoms with Crippen molar-refractivity contribution in [3.05, 3.63) is 23.8 Å². The number of nitrogens with two attached hydrogens (primary N) is 1. The molecule has 1 aliphatic heterocycles. The average molecular weight is 284 g/mol. The number of amides is 1. The summed E-state index contributed by atoms with van der Waals surface area (Å²) in [5, 5.41) is 0. The van der Waals surface area contributed by atoms with E-state index in [-0.39, 0.29) is 30.5 Å². The molecule has 0 aromatic heterocycles. The van der Waals surface area contributed by atoms with Crippen molar-refractivity contribution in [3.8, 4) is 5.75 Å². The Hall–Kier alpha value is -1.76. The number of rotatable bonds is 2. The smallest absolute Gasteiger partial charge is 0.254 e. The molecule has 104 valence electrons. The van der Waals surface area contributed by atoms with E-state index in [1.54, 1.807) is 18.2 Å². The van der Waals surface area contributed by atoms with E-state index in [0.717, 1.165) is 0 Å². The number of sulfone groups is 1. The summed E-state index contributed by atoms with van der Waals surface area (Å²) >= 11 is 0. The molecule has 0 atom stereocenters. The van der Waals surface area contributed by atoms with Crippen molar-refractivity contribution in [1.82, 2.24) is 4.90 Å². The maximum absolute atomic E-state index is 12.2. The van der Waals surface area contributed by atoms with Crippen LogP contribution in [0.5, 0.6) is 5.75 Å². The molecule has 1 aromatic rings. The van der Waals surface area contributed by atoms with Gasteiger partial charge in [0.15, 0.2) is 9.84 Å². The van der Waals surface area contributed by atoms with Gasteiger partial charge in [-0.25, -0.2) is 8.42 Å². The minimum Gasteiger partial charge on any atom is -0.495 e. The summed E-state index contributed by atoms with van der Waals surface area (Å²) in [6, 6.07) is 4.79. The zero-order valence-corrected chi connectivity index (χ0v) is 11.4. The van der Waals surface area contributed by atoms with Crippen LogP contribution in [0.15, 0.2) is 18.2 Å². The Kier molecular flexibility index (Phi) is 3.66. The fourth-order valence-electron chi connectivity index (χ4n) is 1.94. The van der Waals surface area contributed by atoms with Gasteiger partial charge < -0.3 is 15.4 Å². The lowest BCUT2D eigenvalue weighted by atomic mass is 10.1. The fraction of sp³-hybridized carbons (Fsp3) is 0.417. The van der Waals surface area contributed by atoms with Crippen LogP contribution >= 0.6 is 0 Å². The standard InChI is InChI=1S/C12H16N2O4S/c1-18-11-8-9(2-3-10(11)13)12(15)14-4-6-19(16,17)7-5-14/h2-3,8H,4-7,13H2,1H3. The van der Waals surface area contributed by atoms with Gasteiger partial charge in [-0.3, -0.25) is 4.79 Å². The van der Waals surface area contributed by atoms with Crippen molar-refractivity contribution in [2.45, 2.75) is 0 Å². The second-order valence-corrected chi connectivity index (χ2v) is 6.70. The maximum Gasteiger partial charge on any atom is 0.254 e. The van der Waals surface area contributed by atoms with Crippen molar-refractivity contribution in [1.29, 1.82) is 0 Å². The van der Waals surface area contributed by atoms with Gasteiger partial charge in [-0.1, -0.05) is 0 Å². The molecule has 7 heteroatoms. The number of anilines is 1. The van der Waals surface area contributed by atoms with Crippen LogP contribution in [0.3, 0.4) is 0 Å². The predicted molar refractivity (Wildman–Crippen MR) is 72.0 cm³/mol. The van der Waals surface area contributed by atoms with Crippen LogP contribution in [0.1, 0.15) is 10.4 Å². The monoisotopic (exact) mass is 284 g/mol. The van der Waals surface area contributed by atoms with Gasteiger partial charge in [0.2, 0.25) is 0 Å². The third-order valence-corrected chi connectivity index (χ3v) is 4.72. The van der Waals surface area contributed by atoms with Gasteiger partial charge in [0.25, 0.3) is 5.91 Å². The van der Waals surface area contributed by atoms with Crippen molar-refractivity contribution in [3.63, 3.8) is 0 Å². The molecule has 1 aromatic carbocycles. The van der Waals surface area contributed by atoms with Crippen molar-refractivity contribution < 1.29 is 17.9 Å². The minimum absolute atomic E-state index is 0.0187. The first-order valence-electron chi connectivity index (χ1n) is 5.86. The highest BCUT2D eigenvalue weighted by Gasteiger charge is 2.26.